The van der Waals surface area contributed by atoms with Gasteiger partial charge in [-0.05, 0) is 26.2 Å². The van der Waals surface area contributed by atoms with E-state index >= 15 is 0 Å². The molecule has 0 bridgehead atoms. The van der Waals surface area contributed by atoms with Gasteiger partial charge in [0.25, 0.3) is 0 Å². The minimum Gasteiger partial charge on any atom is -0.481 e. The molecule has 0 aliphatic heterocycles. The van der Waals surface area contributed by atoms with Crippen molar-refractivity contribution in [1.29, 1.82) is 0 Å². The molecule has 0 aromatic carbocycles. The third-order valence-corrected chi connectivity index (χ3v) is 3.65. The second kappa shape index (κ2) is 6.00. The lowest BCUT2D eigenvalue weighted by atomic mass is 9.82. The minimum atomic E-state index is -0.939. The summed E-state index contributed by atoms with van der Waals surface area (Å²) in [4.78, 5) is 23.0. The van der Waals surface area contributed by atoms with Gasteiger partial charge in [-0.15, -0.1) is 0 Å². The van der Waals surface area contributed by atoms with Gasteiger partial charge in [0.05, 0.1) is 11.0 Å². The van der Waals surface area contributed by atoms with Gasteiger partial charge in [-0.25, -0.2) is 0 Å². The van der Waals surface area contributed by atoms with E-state index in [4.69, 9.17) is 5.73 Å². The molecule has 1 amide bonds. The van der Waals surface area contributed by atoms with Crippen molar-refractivity contribution in [3.05, 3.63) is 0 Å². The Morgan fingerprint density at radius 1 is 1.18 bits per heavy atom. The Balaban J connectivity index is 4.63. The molecule has 0 rings (SSSR count). The summed E-state index contributed by atoms with van der Waals surface area (Å²) in [7, 11) is 0. The molecular formula is C12H24N2O3. The van der Waals surface area contributed by atoms with Gasteiger partial charge in [0.2, 0.25) is 5.91 Å². The molecule has 5 heteroatoms. The van der Waals surface area contributed by atoms with E-state index in [0.29, 0.717) is 19.3 Å². The van der Waals surface area contributed by atoms with Crippen LogP contribution in [-0.4, -0.2) is 29.1 Å². The van der Waals surface area contributed by atoms with Crippen LogP contribution in [0, 0.1) is 5.41 Å². The Hall–Kier alpha value is -1.10. The SMILES string of the molecule is CCC(C)(N)C(=O)NCC(CC)(CC)C(=O)O. The summed E-state index contributed by atoms with van der Waals surface area (Å²) in [6.07, 6.45) is 1.47. The number of nitrogens with two attached hydrogens (primary N) is 1. The lowest BCUT2D eigenvalue weighted by Crippen LogP contribution is -2.54. The number of amides is 1. The van der Waals surface area contributed by atoms with E-state index in [0.717, 1.165) is 0 Å². The standard InChI is InChI=1S/C12H24N2O3/c1-5-11(4,13)9(15)14-8-12(6-2,7-3)10(16)17/h5-8,13H2,1-4H3,(H,14,15)(H,16,17). The molecule has 5 nitrogen and oxygen atoms in total. The average Bonchev–Trinajstić information content (AvgIpc) is 2.30. The van der Waals surface area contributed by atoms with Crippen molar-refractivity contribution >= 4 is 11.9 Å². The summed E-state index contributed by atoms with van der Waals surface area (Å²) >= 11 is 0. The first-order valence-electron chi connectivity index (χ1n) is 6.06. The lowest BCUT2D eigenvalue weighted by molar-refractivity contribution is -0.149. The molecule has 0 saturated heterocycles. The molecule has 1 atom stereocenters. The van der Waals surface area contributed by atoms with Crippen LogP contribution >= 0.6 is 0 Å². The van der Waals surface area contributed by atoms with Gasteiger partial charge in [0.1, 0.15) is 0 Å². The van der Waals surface area contributed by atoms with Gasteiger partial charge in [-0.1, -0.05) is 20.8 Å². The zero-order valence-corrected chi connectivity index (χ0v) is 11.2. The van der Waals surface area contributed by atoms with Gasteiger partial charge < -0.3 is 16.2 Å². The van der Waals surface area contributed by atoms with E-state index in [-0.39, 0.29) is 12.5 Å². The molecule has 0 aliphatic carbocycles. The molecule has 0 aliphatic rings. The highest BCUT2D eigenvalue weighted by molar-refractivity contribution is 5.86. The van der Waals surface area contributed by atoms with Crippen LogP contribution in [0.15, 0.2) is 0 Å². The fraction of sp³-hybridized carbons (Fsp3) is 0.833. The van der Waals surface area contributed by atoms with Crippen molar-refractivity contribution in [2.45, 2.75) is 52.5 Å². The first kappa shape index (κ1) is 15.9. The highest BCUT2D eigenvalue weighted by atomic mass is 16.4. The van der Waals surface area contributed by atoms with Gasteiger partial charge >= 0.3 is 5.97 Å². The van der Waals surface area contributed by atoms with Gasteiger partial charge in [-0.3, -0.25) is 9.59 Å². The van der Waals surface area contributed by atoms with Gasteiger partial charge in [-0.2, -0.15) is 0 Å². The van der Waals surface area contributed by atoms with Gasteiger partial charge in [0, 0.05) is 6.54 Å². The molecule has 17 heavy (non-hydrogen) atoms. The summed E-state index contributed by atoms with van der Waals surface area (Å²) < 4.78 is 0. The van der Waals surface area contributed by atoms with Crippen LogP contribution in [0.1, 0.15) is 47.0 Å². The molecule has 1 unspecified atom stereocenters. The van der Waals surface area contributed by atoms with E-state index in [9.17, 15) is 14.7 Å². The molecule has 0 spiro atoms. The quantitative estimate of drug-likeness (QED) is 0.625. The highest BCUT2D eigenvalue weighted by Gasteiger charge is 2.36. The van der Waals surface area contributed by atoms with Crippen molar-refractivity contribution in [3.8, 4) is 0 Å². The maximum atomic E-state index is 11.8. The molecule has 0 radical (unpaired) electrons. The Labute approximate surface area is 103 Å². The molecular weight excluding hydrogens is 220 g/mol. The Kier molecular flexibility index (Phi) is 5.61. The third kappa shape index (κ3) is 3.70. The number of carboxylic acids is 1. The number of rotatable bonds is 7. The van der Waals surface area contributed by atoms with Crippen LogP contribution in [0.5, 0.6) is 0 Å². The second-order valence-electron chi connectivity index (χ2n) is 4.75. The van der Waals surface area contributed by atoms with E-state index < -0.39 is 16.9 Å². The Bertz CT molecular complexity index is 283. The smallest absolute Gasteiger partial charge is 0.311 e. The third-order valence-electron chi connectivity index (χ3n) is 3.65. The first-order valence-corrected chi connectivity index (χ1v) is 6.06. The van der Waals surface area contributed by atoms with Crippen molar-refractivity contribution in [2.75, 3.05) is 6.54 Å². The Morgan fingerprint density at radius 3 is 1.94 bits per heavy atom. The first-order chi connectivity index (χ1) is 7.75. The monoisotopic (exact) mass is 244 g/mol. The average molecular weight is 244 g/mol. The van der Waals surface area contributed by atoms with Crippen molar-refractivity contribution in [2.24, 2.45) is 11.1 Å². The molecule has 0 fully saturated rings. The number of aliphatic carboxylic acids is 1. The molecule has 0 saturated carbocycles. The number of carbonyl (C=O) groups is 2. The summed E-state index contributed by atoms with van der Waals surface area (Å²) in [6, 6.07) is 0. The predicted octanol–water partition coefficient (Wildman–Crippen LogP) is 1.12. The van der Waals surface area contributed by atoms with E-state index in [1.165, 1.54) is 0 Å². The predicted molar refractivity (Wildman–Crippen MR) is 66.5 cm³/mol. The summed E-state index contributed by atoms with van der Waals surface area (Å²) in [5, 5.41) is 11.9. The second-order valence-corrected chi connectivity index (χ2v) is 4.75. The number of hydrogen-bond acceptors (Lipinski definition) is 3. The fourth-order valence-corrected chi connectivity index (χ4v) is 1.49. The van der Waals surface area contributed by atoms with Crippen LogP contribution in [0.4, 0.5) is 0 Å². The highest BCUT2D eigenvalue weighted by Crippen LogP contribution is 2.25. The zero-order chi connectivity index (χ0) is 13.7. The largest absolute Gasteiger partial charge is 0.481 e. The number of hydrogen-bond donors (Lipinski definition) is 3. The minimum absolute atomic E-state index is 0.126. The lowest BCUT2D eigenvalue weighted by Gasteiger charge is -2.29. The van der Waals surface area contributed by atoms with E-state index in [1.807, 2.05) is 20.8 Å². The van der Waals surface area contributed by atoms with E-state index in [1.54, 1.807) is 6.92 Å². The normalized spacial score (nSPS) is 15.1. The zero-order valence-electron chi connectivity index (χ0n) is 11.2. The maximum Gasteiger partial charge on any atom is 0.311 e. The van der Waals surface area contributed by atoms with Gasteiger partial charge in [0.15, 0.2) is 0 Å². The van der Waals surface area contributed by atoms with Crippen LogP contribution in [0.2, 0.25) is 0 Å². The van der Waals surface area contributed by atoms with Crippen LogP contribution < -0.4 is 11.1 Å². The number of nitrogens with one attached hydrogen (secondary N) is 1. The summed E-state index contributed by atoms with van der Waals surface area (Å²) in [5.41, 5.74) is 3.96. The van der Waals surface area contributed by atoms with E-state index in [2.05, 4.69) is 5.32 Å². The molecule has 0 heterocycles. The summed E-state index contributed by atoms with van der Waals surface area (Å²) in [6.45, 7) is 7.21. The Morgan fingerprint density at radius 2 is 1.65 bits per heavy atom. The molecule has 100 valence electrons. The molecule has 0 aromatic rings. The van der Waals surface area contributed by atoms with Crippen molar-refractivity contribution in [1.82, 2.24) is 5.32 Å². The molecule has 0 aromatic heterocycles. The van der Waals surface area contributed by atoms with Crippen molar-refractivity contribution in [3.63, 3.8) is 0 Å². The number of carbonyl (C=O) groups excluding carboxylic acids is 1. The van der Waals surface area contributed by atoms with Crippen molar-refractivity contribution < 1.29 is 14.7 Å². The molecule has 4 N–H and O–H groups in total. The van der Waals surface area contributed by atoms with Crippen LogP contribution in [0.25, 0.3) is 0 Å². The summed E-state index contributed by atoms with van der Waals surface area (Å²) in [5.74, 6) is -1.18. The topological polar surface area (TPSA) is 92.4 Å². The van der Waals surface area contributed by atoms with Crippen LogP contribution in [-0.2, 0) is 9.59 Å². The number of carboxylic acid groups (broad SMARTS) is 1. The van der Waals surface area contributed by atoms with Crippen LogP contribution in [0.3, 0.4) is 0 Å². The fourth-order valence-electron chi connectivity index (χ4n) is 1.49. The maximum absolute atomic E-state index is 11.8.